The second-order valence-electron chi connectivity index (χ2n) is 5.61. The summed E-state index contributed by atoms with van der Waals surface area (Å²) in [7, 11) is 4.12. The van der Waals surface area contributed by atoms with Crippen molar-refractivity contribution in [1.29, 1.82) is 0 Å². The molecule has 0 bridgehead atoms. The van der Waals surface area contributed by atoms with Gasteiger partial charge in [-0.25, -0.2) is 0 Å². The molecule has 1 saturated carbocycles. The van der Waals surface area contributed by atoms with Crippen molar-refractivity contribution in [3.63, 3.8) is 0 Å². The monoisotopic (exact) mass is 262 g/mol. The van der Waals surface area contributed by atoms with E-state index in [1.54, 1.807) is 0 Å². The summed E-state index contributed by atoms with van der Waals surface area (Å²) in [5, 5.41) is 3.42. The maximum atomic E-state index is 5.54. The van der Waals surface area contributed by atoms with Gasteiger partial charge in [-0.05, 0) is 44.0 Å². The van der Waals surface area contributed by atoms with E-state index in [9.17, 15) is 0 Å². The third-order valence-corrected chi connectivity index (χ3v) is 3.46. The van der Waals surface area contributed by atoms with Crippen LogP contribution in [0.4, 0.5) is 0 Å². The van der Waals surface area contributed by atoms with Crippen molar-refractivity contribution in [3.8, 4) is 0 Å². The highest BCUT2D eigenvalue weighted by Crippen LogP contribution is 2.39. The van der Waals surface area contributed by atoms with Crippen LogP contribution in [0, 0.1) is 0 Å². The molecular weight excluding hydrogens is 236 g/mol. The third-order valence-electron chi connectivity index (χ3n) is 3.46. The van der Waals surface area contributed by atoms with E-state index in [1.165, 1.54) is 24.0 Å². The zero-order valence-corrected chi connectivity index (χ0v) is 12.2. The first-order chi connectivity index (χ1) is 9.25. The number of nitrogens with one attached hydrogen (secondary N) is 1. The maximum absolute atomic E-state index is 5.54. The summed E-state index contributed by atoms with van der Waals surface area (Å²) in [6.07, 6.45) is 2.75. The molecule has 1 aliphatic rings. The van der Waals surface area contributed by atoms with Gasteiger partial charge >= 0.3 is 0 Å². The Labute approximate surface area is 116 Å². The van der Waals surface area contributed by atoms with E-state index in [0.717, 1.165) is 38.8 Å². The van der Waals surface area contributed by atoms with Crippen LogP contribution < -0.4 is 5.32 Å². The summed E-state index contributed by atoms with van der Waals surface area (Å²) < 4.78 is 5.54. The van der Waals surface area contributed by atoms with Gasteiger partial charge in [0.05, 0.1) is 13.2 Å². The smallest absolute Gasteiger partial charge is 0.0593 e. The lowest BCUT2D eigenvalue weighted by molar-refractivity contribution is 0.119. The van der Waals surface area contributed by atoms with Crippen LogP contribution in [-0.2, 0) is 11.3 Å². The molecule has 1 fully saturated rings. The molecule has 1 aromatic rings. The summed E-state index contributed by atoms with van der Waals surface area (Å²) in [6, 6.07) is 9.05. The van der Waals surface area contributed by atoms with Crippen LogP contribution in [0.25, 0.3) is 0 Å². The van der Waals surface area contributed by atoms with Gasteiger partial charge < -0.3 is 15.0 Å². The number of nitrogens with zero attached hydrogens (tertiary/aromatic N) is 1. The minimum atomic E-state index is 0.786. The Hall–Kier alpha value is -0.900. The molecule has 0 unspecified atom stereocenters. The second-order valence-corrected chi connectivity index (χ2v) is 5.61. The van der Waals surface area contributed by atoms with E-state index < -0.39 is 0 Å². The van der Waals surface area contributed by atoms with Crippen molar-refractivity contribution in [2.24, 2.45) is 0 Å². The maximum Gasteiger partial charge on any atom is 0.0593 e. The number of benzene rings is 1. The van der Waals surface area contributed by atoms with Gasteiger partial charge in [0.25, 0.3) is 0 Å². The van der Waals surface area contributed by atoms with E-state index in [4.69, 9.17) is 4.74 Å². The average molecular weight is 262 g/mol. The minimum Gasteiger partial charge on any atom is -0.379 e. The summed E-state index contributed by atoms with van der Waals surface area (Å²) in [4.78, 5) is 2.13. The molecule has 0 aromatic heterocycles. The highest BCUT2D eigenvalue weighted by atomic mass is 16.5. The van der Waals surface area contributed by atoms with Gasteiger partial charge in [0.1, 0.15) is 0 Å². The molecule has 1 N–H and O–H groups in total. The molecule has 0 amide bonds. The summed E-state index contributed by atoms with van der Waals surface area (Å²) in [5.41, 5.74) is 2.87. The van der Waals surface area contributed by atoms with Crippen LogP contribution in [0.15, 0.2) is 24.3 Å². The summed E-state index contributed by atoms with van der Waals surface area (Å²) in [6.45, 7) is 4.43. The van der Waals surface area contributed by atoms with E-state index >= 15 is 0 Å². The quantitative estimate of drug-likeness (QED) is 0.691. The van der Waals surface area contributed by atoms with Crippen molar-refractivity contribution >= 4 is 0 Å². The number of rotatable bonds is 9. The molecule has 0 radical (unpaired) electrons. The Morgan fingerprint density at radius 3 is 2.53 bits per heavy atom. The highest BCUT2D eigenvalue weighted by Gasteiger charge is 2.22. The van der Waals surface area contributed by atoms with Crippen molar-refractivity contribution < 1.29 is 4.74 Å². The van der Waals surface area contributed by atoms with Crippen molar-refractivity contribution in [2.75, 3.05) is 40.4 Å². The molecule has 0 saturated heterocycles. The van der Waals surface area contributed by atoms with E-state index in [-0.39, 0.29) is 0 Å². The van der Waals surface area contributed by atoms with E-state index in [2.05, 4.69) is 48.6 Å². The SMILES string of the molecule is CN(C)CCOCCNCc1ccc(C2CC2)cc1. The van der Waals surface area contributed by atoms with Gasteiger partial charge in [-0.1, -0.05) is 24.3 Å². The molecule has 0 aliphatic heterocycles. The number of ether oxygens (including phenoxy) is 1. The third kappa shape index (κ3) is 5.72. The molecule has 1 aromatic carbocycles. The van der Waals surface area contributed by atoms with Gasteiger partial charge in [-0.3, -0.25) is 0 Å². The van der Waals surface area contributed by atoms with Gasteiger partial charge in [0.2, 0.25) is 0 Å². The predicted octanol–water partition coefficient (Wildman–Crippen LogP) is 2.23. The Morgan fingerprint density at radius 2 is 1.89 bits per heavy atom. The molecule has 106 valence electrons. The van der Waals surface area contributed by atoms with Crippen LogP contribution in [0.5, 0.6) is 0 Å². The lowest BCUT2D eigenvalue weighted by atomic mass is 10.1. The summed E-state index contributed by atoms with van der Waals surface area (Å²) in [5.74, 6) is 0.854. The van der Waals surface area contributed by atoms with Crippen LogP contribution in [0.2, 0.25) is 0 Å². The first kappa shape index (κ1) is 14.5. The standard InChI is InChI=1S/C16H26N2O/c1-18(2)10-12-19-11-9-17-13-14-3-5-15(6-4-14)16-7-8-16/h3-6,16-17H,7-13H2,1-2H3. The van der Waals surface area contributed by atoms with Gasteiger partial charge in [0, 0.05) is 19.6 Å². The second kappa shape index (κ2) is 7.63. The predicted molar refractivity (Wildman–Crippen MR) is 79.5 cm³/mol. The molecule has 0 heterocycles. The Kier molecular flexibility index (Phi) is 5.83. The minimum absolute atomic E-state index is 0.786. The van der Waals surface area contributed by atoms with Gasteiger partial charge in [0.15, 0.2) is 0 Å². The molecular formula is C16H26N2O. The lowest BCUT2D eigenvalue weighted by Gasteiger charge is -2.10. The molecule has 19 heavy (non-hydrogen) atoms. The average Bonchev–Trinajstić information content (AvgIpc) is 3.22. The largest absolute Gasteiger partial charge is 0.379 e. The van der Waals surface area contributed by atoms with Crippen molar-refractivity contribution in [1.82, 2.24) is 10.2 Å². The van der Waals surface area contributed by atoms with Crippen LogP contribution in [-0.4, -0.2) is 45.3 Å². The first-order valence-electron chi connectivity index (χ1n) is 7.28. The molecule has 0 atom stereocenters. The van der Waals surface area contributed by atoms with E-state index in [0.29, 0.717) is 0 Å². The van der Waals surface area contributed by atoms with Crippen LogP contribution in [0.3, 0.4) is 0 Å². The molecule has 0 spiro atoms. The molecule has 3 nitrogen and oxygen atoms in total. The van der Waals surface area contributed by atoms with Crippen molar-refractivity contribution in [3.05, 3.63) is 35.4 Å². The van der Waals surface area contributed by atoms with Crippen molar-refractivity contribution in [2.45, 2.75) is 25.3 Å². The number of hydrogen-bond acceptors (Lipinski definition) is 3. The van der Waals surface area contributed by atoms with Gasteiger partial charge in [-0.2, -0.15) is 0 Å². The van der Waals surface area contributed by atoms with Crippen LogP contribution >= 0.6 is 0 Å². The summed E-state index contributed by atoms with van der Waals surface area (Å²) >= 11 is 0. The Balaban J connectivity index is 1.53. The lowest BCUT2D eigenvalue weighted by Crippen LogP contribution is -2.23. The topological polar surface area (TPSA) is 24.5 Å². The van der Waals surface area contributed by atoms with Gasteiger partial charge in [-0.15, -0.1) is 0 Å². The first-order valence-corrected chi connectivity index (χ1v) is 7.28. The molecule has 1 aliphatic carbocycles. The fourth-order valence-electron chi connectivity index (χ4n) is 2.05. The zero-order valence-electron chi connectivity index (χ0n) is 12.2. The normalized spacial score (nSPS) is 15.1. The molecule has 2 rings (SSSR count). The number of hydrogen-bond donors (Lipinski definition) is 1. The number of likely N-dealkylation sites (N-methyl/N-ethyl adjacent to an activating group) is 1. The van der Waals surface area contributed by atoms with E-state index in [1.807, 2.05) is 0 Å². The van der Waals surface area contributed by atoms with Crippen LogP contribution in [0.1, 0.15) is 29.9 Å². The Morgan fingerprint density at radius 1 is 1.16 bits per heavy atom. The zero-order chi connectivity index (χ0) is 13.5. The fraction of sp³-hybridized carbons (Fsp3) is 0.625. The fourth-order valence-corrected chi connectivity index (χ4v) is 2.05. The Bertz CT molecular complexity index is 358. The molecule has 3 heteroatoms. The highest BCUT2D eigenvalue weighted by molar-refractivity contribution is 5.27.